The molecular formula is C21H24F2N2O3. The summed E-state index contributed by atoms with van der Waals surface area (Å²) in [5, 5.41) is 2.78. The number of nitrogens with one attached hydrogen (secondary N) is 1. The van der Waals surface area contributed by atoms with Gasteiger partial charge in [0.2, 0.25) is 11.8 Å². The SMILES string of the molecule is COc1ccc([C@@H](CC(=O)N(C)[C@H](C)c2ccc(F)c(F)c2)NC(C)=O)cc1. The van der Waals surface area contributed by atoms with E-state index in [4.69, 9.17) is 4.74 Å². The van der Waals surface area contributed by atoms with Crippen molar-refractivity contribution in [3.05, 3.63) is 65.2 Å². The molecule has 2 rings (SSSR count). The van der Waals surface area contributed by atoms with Crippen LogP contribution in [0.25, 0.3) is 0 Å². The molecule has 0 saturated carbocycles. The van der Waals surface area contributed by atoms with E-state index in [1.807, 2.05) is 0 Å². The first-order valence-corrected chi connectivity index (χ1v) is 8.84. The molecule has 0 radical (unpaired) electrons. The summed E-state index contributed by atoms with van der Waals surface area (Å²) >= 11 is 0. The molecule has 2 aromatic rings. The number of rotatable bonds is 7. The number of amides is 2. The Morgan fingerprint density at radius 3 is 2.21 bits per heavy atom. The van der Waals surface area contributed by atoms with Crippen LogP contribution in [0.4, 0.5) is 8.78 Å². The molecule has 5 nitrogen and oxygen atoms in total. The van der Waals surface area contributed by atoms with Gasteiger partial charge in [0, 0.05) is 14.0 Å². The molecule has 0 spiro atoms. The first-order valence-electron chi connectivity index (χ1n) is 8.84. The van der Waals surface area contributed by atoms with Gasteiger partial charge in [0.05, 0.1) is 25.6 Å². The highest BCUT2D eigenvalue weighted by molar-refractivity contribution is 5.79. The van der Waals surface area contributed by atoms with Crippen LogP contribution >= 0.6 is 0 Å². The van der Waals surface area contributed by atoms with Crippen molar-refractivity contribution < 1.29 is 23.1 Å². The predicted octanol–water partition coefficient (Wildman–Crippen LogP) is 3.76. The maximum Gasteiger partial charge on any atom is 0.225 e. The molecule has 0 aliphatic carbocycles. The molecule has 150 valence electrons. The Hall–Kier alpha value is -2.96. The molecule has 0 aromatic heterocycles. The molecular weight excluding hydrogens is 366 g/mol. The number of ether oxygens (including phenoxy) is 1. The van der Waals surface area contributed by atoms with Gasteiger partial charge in [-0.1, -0.05) is 18.2 Å². The van der Waals surface area contributed by atoms with Gasteiger partial charge < -0.3 is 15.0 Å². The molecule has 0 aliphatic heterocycles. The molecule has 0 unspecified atom stereocenters. The summed E-state index contributed by atoms with van der Waals surface area (Å²) in [7, 11) is 3.14. The summed E-state index contributed by atoms with van der Waals surface area (Å²) in [5.74, 6) is -1.73. The first kappa shape index (κ1) is 21.3. The monoisotopic (exact) mass is 390 g/mol. The quantitative estimate of drug-likeness (QED) is 0.783. The molecule has 0 saturated heterocycles. The smallest absolute Gasteiger partial charge is 0.225 e. The zero-order valence-electron chi connectivity index (χ0n) is 16.3. The van der Waals surface area contributed by atoms with E-state index in [2.05, 4.69) is 5.32 Å². The fraction of sp³-hybridized carbons (Fsp3) is 0.333. The number of methoxy groups -OCH3 is 1. The standard InChI is InChI=1S/C21H24F2N2O3/c1-13(16-7-10-18(22)19(23)11-16)25(3)21(27)12-20(24-14(2)26)15-5-8-17(28-4)9-6-15/h5-11,13,20H,12H2,1-4H3,(H,24,26)/t13-,20-/m1/s1. The lowest BCUT2D eigenvalue weighted by atomic mass is 10.0. The van der Waals surface area contributed by atoms with Gasteiger partial charge >= 0.3 is 0 Å². The van der Waals surface area contributed by atoms with Gasteiger partial charge in [0.15, 0.2) is 11.6 Å². The highest BCUT2D eigenvalue weighted by Crippen LogP contribution is 2.25. The Kier molecular flexibility index (Phi) is 7.09. The summed E-state index contributed by atoms with van der Waals surface area (Å²) in [4.78, 5) is 25.8. The average Bonchev–Trinajstić information content (AvgIpc) is 2.68. The molecule has 0 fully saturated rings. The zero-order chi connectivity index (χ0) is 20.8. The van der Waals surface area contributed by atoms with Crippen molar-refractivity contribution in [1.82, 2.24) is 10.2 Å². The Bertz CT molecular complexity index is 840. The van der Waals surface area contributed by atoms with E-state index >= 15 is 0 Å². The van der Waals surface area contributed by atoms with Crippen LogP contribution in [0.1, 0.15) is 43.5 Å². The Labute approximate surface area is 163 Å². The molecule has 2 amide bonds. The summed E-state index contributed by atoms with van der Waals surface area (Å²) in [6, 6.07) is 9.66. The van der Waals surface area contributed by atoms with E-state index in [9.17, 15) is 18.4 Å². The van der Waals surface area contributed by atoms with E-state index in [1.165, 1.54) is 17.9 Å². The normalized spacial score (nSPS) is 12.8. The molecule has 0 aliphatic rings. The lowest BCUT2D eigenvalue weighted by molar-refractivity contribution is -0.132. The number of hydrogen-bond donors (Lipinski definition) is 1. The van der Waals surface area contributed by atoms with Crippen molar-refractivity contribution in [3.8, 4) is 5.75 Å². The van der Waals surface area contributed by atoms with Crippen molar-refractivity contribution >= 4 is 11.8 Å². The lowest BCUT2D eigenvalue weighted by Crippen LogP contribution is -2.35. The van der Waals surface area contributed by atoms with Gasteiger partial charge in [-0.3, -0.25) is 9.59 Å². The largest absolute Gasteiger partial charge is 0.497 e. The minimum Gasteiger partial charge on any atom is -0.497 e. The fourth-order valence-electron chi connectivity index (χ4n) is 2.86. The average molecular weight is 390 g/mol. The minimum absolute atomic E-state index is 0.0242. The predicted molar refractivity (Wildman–Crippen MR) is 102 cm³/mol. The second-order valence-corrected chi connectivity index (χ2v) is 6.58. The van der Waals surface area contributed by atoms with E-state index in [1.54, 1.807) is 45.3 Å². The second-order valence-electron chi connectivity index (χ2n) is 6.58. The van der Waals surface area contributed by atoms with Gasteiger partial charge in [-0.05, 0) is 42.3 Å². The summed E-state index contributed by atoms with van der Waals surface area (Å²) < 4.78 is 31.8. The highest BCUT2D eigenvalue weighted by Gasteiger charge is 2.23. The van der Waals surface area contributed by atoms with Gasteiger partial charge in [0.25, 0.3) is 0 Å². The van der Waals surface area contributed by atoms with E-state index in [0.29, 0.717) is 11.3 Å². The van der Waals surface area contributed by atoms with Gasteiger partial charge in [-0.25, -0.2) is 8.78 Å². The van der Waals surface area contributed by atoms with Crippen molar-refractivity contribution in [2.45, 2.75) is 32.4 Å². The van der Waals surface area contributed by atoms with Gasteiger partial charge in [0.1, 0.15) is 5.75 Å². The first-order chi connectivity index (χ1) is 13.2. The number of carbonyl (C=O) groups is 2. The number of nitrogens with zero attached hydrogens (tertiary/aromatic N) is 1. The highest BCUT2D eigenvalue weighted by atomic mass is 19.2. The molecule has 1 N–H and O–H groups in total. The molecule has 28 heavy (non-hydrogen) atoms. The zero-order valence-corrected chi connectivity index (χ0v) is 16.3. The fourth-order valence-corrected chi connectivity index (χ4v) is 2.86. The van der Waals surface area contributed by atoms with Crippen LogP contribution in [0.3, 0.4) is 0 Å². The third-order valence-electron chi connectivity index (χ3n) is 4.67. The van der Waals surface area contributed by atoms with Gasteiger partial charge in [-0.2, -0.15) is 0 Å². The van der Waals surface area contributed by atoms with Crippen LogP contribution in [0.15, 0.2) is 42.5 Å². The number of carbonyl (C=O) groups excluding carboxylic acids is 2. The maximum atomic E-state index is 13.5. The lowest BCUT2D eigenvalue weighted by Gasteiger charge is -2.28. The van der Waals surface area contributed by atoms with Crippen LogP contribution in [0, 0.1) is 11.6 Å². The Balaban J connectivity index is 2.16. The van der Waals surface area contributed by atoms with E-state index in [-0.39, 0.29) is 18.2 Å². The van der Waals surface area contributed by atoms with Crippen molar-refractivity contribution in [2.24, 2.45) is 0 Å². The molecule has 2 aromatic carbocycles. The minimum atomic E-state index is -0.959. The topological polar surface area (TPSA) is 58.6 Å². The summed E-state index contributed by atoms with van der Waals surface area (Å²) in [6.45, 7) is 3.11. The maximum absolute atomic E-state index is 13.5. The number of benzene rings is 2. The second kappa shape index (κ2) is 9.30. The van der Waals surface area contributed by atoms with Gasteiger partial charge in [-0.15, -0.1) is 0 Å². The van der Waals surface area contributed by atoms with Crippen molar-refractivity contribution in [3.63, 3.8) is 0 Å². The Morgan fingerprint density at radius 1 is 1.07 bits per heavy atom. The van der Waals surface area contributed by atoms with Crippen LogP contribution in [0.2, 0.25) is 0 Å². The third-order valence-corrected chi connectivity index (χ3v) is 4.67. The molecule has 2 atom stereocenters. The summed E-state index contributed by atoms with van der Waals surface area (Å²) in [6.07, 6.45) is 0.0242. The van der Waals surface area contributed by atoms with Crippen molar-refractivity contribution in [2.75, 3.05) is 14.2 Å². The van der Waals surface area contributed by atoms with Crippen LogP contribution < -0.4 is 10.1 Å². The van der Waals surface area contributed by atoms with Crippen LogP contribution in [0.5, 0.6) is 5.75 Å². The third kappa shape index (κ3) is 5.28. The number of hydrogen-bond acceptors (Lipinski definition) is 3. The van der Waals surface area contributed by atoms with Crippen LogP contribution in [-0.2, 0) is 9.59 Å². The van der Waals surface area contributed by atoms with Crippen molar-refractivity contribution in [1.29, 1.82) is 0 Å². The van der Waals surface area contributed by atoms with E-state index < -0.39 is 23.7 Å². The van der Waals surface area contributed by atoms with Crippen LogP contribution in [-0.4, -0.2) is 30.9 Å². The molecule has 7 heteroatoms. The summed E-state index contributed by atoms with van der Waals surface area (Å²) in [5.41, 5.74) is 1.24. The number of halogens is 2. The Morgan fingerprint density at radius 2 is 1.68 bits per heavy atom. The molecule has 0 bridgehead atoms. The molecule has 0 heterocycles. The van der Waals surface area contributed by atoms with E-state index in [0.717, 1.165) is 17.7 Å².